The first-order valence-electron chi connectivity index (χ1n) is 10.8. The van der Waals surface area contributed by atoms with E-state index in [1.54, 1.807) is 6.92 Å². The van der Waals surface area contributed by atoms with E-state index < -0.39 is 28.3 Å². The van der Waals surface area contributed by atoms with Gasteiger partial charge in [-0.1, -0.05) is 12.8 Å². The molecule has 4 rings (SSSR count). The van der Waals surface area contributed by atoms with Crippen LogP contribution >= 0.6 is 0 Å². The van der Waals surface area contributed by atoms with Gasteiger partial charge in [-0.25, -0.2) is 13.1 Å². The number of aliphatic hydroxyl groups is 2. The van der Waals surface area contributed by atoms with E-state index in [1.807, 2.05) is 0 Å². The molecular weight excluding hydrogens is 452 g/mol. The van der Waals surface area contributed by atoms with Gasteiger partial charge in [-0.3, -0.25) is 4.79 Å². The van der Waals surface area contributed by atoms with E-state index in [1.165, 1.54) is 22.7 Å². The van der Waals surface area contributed by atoms with Gasteiger partial charge >= 0.3 is 0 Å². The Kier molecular flexibility index (Phi) is 6.74. The van der Waals surface area contributed by atoms with Crippen molar-refractivity contribution in [2.75, 3.05) is 19.8 Å². The zero-order chi connectivity index (χ0) is 23.6. The van der Waals surface area contributed by atoms with E-state index in [0.29, 0.717) is 18.2 Å². The van der Waals surface area contributed by atoms with E-state index in [2.05, 4.69) is 25.0 Å². The van der Waals surface area contributed by atoms with Gasteiger partial charge in [-0.2, -0.15) is 4.52 Å². The zero-order valence-electron chi connectivity index (χ0n) is 18.1. The van der Waals surface area contributed by atoms with Gasteiger partial charge in [0.25, 0.3) is 5.56 Å². The summed E-state index contributed by atoms with van der Waals surface area (Å²) >= 11 is 0. The van der Waals surface area contributed by atoms with Crippen LogP contribution in [0.5, 0.6) is 5.75 Å². The highest BCUT2D eigenvalue weighted by Gasteiger charge is 2.25. The van der Waals surface area contributed by atoms with Crippen LogP contribution in [0.1, 0.15) is 44.3 Å². The van der Waals surface area contributed by atoms with Crippen molar-refractivity contribution in [3.05, 3.63) is 34.4 Å². The van der Waals surface area contributed by atoms with E-state index >= 15 is 0 Å². The molecular formula is C20H26N6O6S. The Morgan fingerprint density at radius 2 is 2.06 bits per heavy atom. The summed E-state index contributed by atoms with van der Waals surface area (Å²) in [7, 11) is -4.02. The van der Waals surface area contributed by atoms with Crippen molar-refractivity contribution < 1.29 is 23.4 Å². The predicted molar refractivity (Wildman–Crippen MR) is 117 cm³/mol. The third-order valence-corrected chi connectivity index (χ3v) is 6.98. The summed E-state index contributed by atoms with van der Waals surface area (Å²) in [6, 6.07) is 4.16. The molecule has 1 saturated carbocycles. The number of ether oxygens (including phenoxy) is 1. The van der Waals surface area contributed by atoms with Gasteiger partial charge in [0.2, 0.25) is 15.7 Å². The van der Waals surface area contributed by atoms with Crippen LogP contribution in [0, 0.1) is 0 Å². The fourth-order valence-electron chi connectivity index (χ4n) is 3.88. The minimum Gasteiger partial charge on any atom is -0.493 e. The van der Waals surface area contributed by atoms with Gasteiger partial charge in [0.1, 0.15) is 5.75 Å². The zero-order valence-corrected chi connectivity index (χ0v) is 18.9. The van der Waals surface area contributed by atoms with Crippen LogP contribution in [0.15, 0.2) is 27.9 Å². The number of rotatable bonds is 9. The fourth-order valence-corrected chi connectivity index (χ4v) is 4.98. The summed E-state index contributed by atoms with van der Waals surface area (Å²) in [5, 5.41) is 31.1. The number of H-pyrrole nitrogens is 1. The molecule has 1 atom stereocenters. The summed E-state index contributed by atoms with van der Waals surface area (Å²) in [5.41, 5.74) is -0.161. The summed E-state index contributed by atoms with van der Waals surface area (Å²) in [6.45, 7) is 1.16. The molecule has 0 saturated heterocycles. The average Bonchev–Trinajstić information content (AvgIpc) is 3.47. The van der Waals surface area contributed by atoms with Gasteiger partial charge in [0.05, 0.1) is 29.8 Å². The number of fused-ring (bicyclic) bond motifs is 1. The lowest BCUT2D eigenvalue weighted by atomic mass is 10.1. The number of aromatic amines is 1. The Labute approximate surface area is 189 Å². The number of hydrogen-bond donors (Lipinski definition) is 4. The average molecular weight is 479 g/mol. The molecule has 0 radical (unpaired) electrons. The second kappa shape index (κ2) is 9.55. The SMILES string of the molecule is CCOc1ccc(S(=O)(=O)NCC(O)CO)cc1-c1nn2c(C3CCCC3)nnc2c(=O)[nH]1. The van der Waals surface area contributed by atoms with Gasteiger partial charge in [-0.15, -0.1) is 15.3 Å². The van der Waals surface area contributed by atoms with Crippen molar-refractivity contribution in [1.29, 1.82) is 0 Å². The lowest BCUT2D eigenvalue weighted by molar-refractivity contribution is 0.0988. The molecule has 1 aromatic carbocycles. The third kappa shape index (κ3) is 4.76. The van der Waals surface area contributed by atoms with Crippen LogP contribution in [0.25, 0.3) is 17.0 Å². The Balaban J connectivity index is 1.80. The van der Waals surface area contributed by atoms with E-state index in [-0.39, 0.29) is 34.4 Å². The Bertz CT molecular complexity index is 1300. The number of aromatic nitrogens is 5. The molecule has 1 fully saturated rings. The van der Waals surface area contributed by atoms with Crippen LogP contribution in [-0.4, -0.2) is 69.3 Å². The van der Waals surface area contributed by atoms with Gasteiger partial charge < -0.3 is 19.9 Å². The van der Waals surface area contributed by atoms with Crippen molar-refractivity contribution in [3.63, 3.8) is 0 Å². The molecule has 1 unspecified atom stereocenters. The standard InChI is InChI=1S/C20H26N6O6S/c1-2-32-16-8-7-14(33(30,31)21-10-13(28)11-27)9-15(16)17-22-20(29)19-24-23-18(26(19)25-17)12-5-3-4-6-12/h7-9,12-13,21,27-28H,2-6,10-11H2,1H3,(H,22,25,29). The molecule has 0 amide bonds. The third-order valence-electron chi connectivity index (χ3n) is 5.56. The largest absolute Gasteiger partial charge is 0.493 e. The number of sulfonamides is 1. The Hall–Kier alpha value is -2.87. The molecule has 1 aliphatic carbocycles. The molecule has 33 heavy (non-hydrogen) atoms. The minimum atomic E-state index is -4.02. The quantitative estimate of drug-likeness (QED) is 0.334. The molecule has 0 aliphatic heterocycles. The number of benzene rings is 1. The fraction of sp³-hybridized carbons (Fsp3) is 0.500. The maximum absolute atomic E-state index is 12.7. The molecule has 13 heteroatoms. The summed E-state index contributed by atoms with van der Waals surface area (Å²) in [6.07, 6.45) is 2.79. The topological polar surface area (TPSA) is 172 Å². The lowest BCUT2D eigenvalue weighted by Gasteiger charge is -2.14. The van der Waals surface area contributed by atoms with Crippen LogP contribution in [0.2, 0.25) is 0 Å². The highest BCUT2D eigenvalue weighted by molar-refractivity contribution is 7.89. The van der Waals surface area contributed by atoms with Crippen molar-refractivity contribution in [2.45, 2.75) is 49.5 Å². The van der Waals surface area contributed by atoms with Gasteiger partial charge in [0.15, 0.2) is 11.6 Å². The molecule has 4 N–H and O–H groups in total. The number of hydrogen-bond acceptors (Lipinski definition) is 9. The summed E-state index contributed by atoms with van der Waals surface area (Å²) in [5.74, 6) is 1.21. The lowest BCUT2D eigenvalue weighted by Crippen LogP contribution is -2.33. The van der Waals surface area contributed by atoms with Crippen molar-refractivity contribution in [2.24, 2.45) is 0 Å². The van der Waals surface area contributed by atoms with Crippen molar-refractivity contribution in [3.8, 4) is 17.1 Å². The number of nitrogens with zero attached hydrogens (tertiary/aromatic N) is 4. The molecule has 0 bridgehead atoms. The number of nitrogens with one attached hydrogen (secondary N) is 2. The van der Waals surface area contributed by atoms with Crippen LogP contribution < -0.4 is 15.0 Å². The van der Waals surface area contributed by atoms with Gasteiger partial charge in [-0.05, 0) is 38.0 Å². The van der Waals surface area contributed by atoms with E-state index in [9.17, 15) is 18.3 Å². The van der Waals surface area contributed by atoms with Gasteiger partial charge in [0, 0.05) is 12.5 Å². The first-order valence-corrected chi connectivity index (χ1v) is 12.2. The maximum Gasteiger partial charge on any atom is 0.296 e. The van der Waals surface area contributed by atoms with Crippen LogP contribution in [-0.2, 0) is 10.0 Å². The maximum atomic E-state index is 12.7. The molecule has 12 nitrogen and oxygen atoms in total. The molecule has 3 aromatic rings. The van der Waals surface area contributed by atoms with Crippen molar-refractivity contribution >= 4 is 15.7 Å². The second-order valence-corrected chi connectivity index (χ2v) is 9.62. The normalized spacial score (nSPS) is 15.8. The molecule has 2 heterocycles. The monoisotopic (exact) mass is 478 g/mol. The van der Waals surface area contributed by atoms with E-state index in [4.69, 9.17) is 9.84 Å². The smallest absolute Gasteiger partial charge is 0.296 e. The molecule has 178 valence electrons. The molecule has 2 aromatic heterocycles. The first-order chi connectivity index (χ1) is 15.8. The van der Waals surface area contributed by atoms with E-state index in [0.717, 1.165) is 25.7 Å². The number of aliphatic hydroxyl groups excluding tert-OH is 2. The summed E-state index contributed by atoms with van der Waals surface area (Å²) < 4.78 is 34.7. The summed E-state index contributed by atoms with van der Waals surface area (Å²) in [4.78, 5) is 15.3. The van der Waals surface area contributed by atoms with Crippen LogP contribution in [0.3, 0.4) is 0 Å². The van der Waals surface area contributed by atoms with Crippen LogP contribution in [0.4, 0.5) is 0 Å². The highest BCUT2D eigenvalue weighted by Crippen LogP contribution is 2.33. The Morgan fingerprint density at radius 3 is 2.76 bits per heavy atom. The molecule has 0 spiro atoms. The predicted octanol–water partition coefficient (Wildman–Crippen LogP) is 0.167. The first kappa shape index (κ1) is 23.3. The van der Waals surface area contributed by atoms with Crippen molar-refractivity contribution in [1.82, 2.24) is 29.5 Å². The minimum absolute atomic E-state index is 0.0713. The Morgan fingerprint density at radius 1 is 1.30 bits per heavy atom. The molecule has 1 aliphatic rings. The second-order valence-electron chi connectivity index (χ2n) is 7.86. The highest BCUT2D eigenvalue weighted by atomic mass is 32.2.